The standard InChI is InChI=1S/C23H36N4O5/c1-18(28)31-15-10-19-8-13-27(14-9-19)22(29)21(24)16-25-11-5-12-26-23(30)32-17-20-6-3-2-4-7-20/h2-4,6-7,19,21,25H,5,8-17,24H2,1H3,(H,26,30)/t21-/m0/s1. The predicted octanol–water partition coefficient (Wildman–Crippen LogP) is 1.41. The Bertz CT molecular complexity index is 708. The SMILES string of the molecule is CC(=O)OCCC1CCN(C(=O)[C@@H](N)CNCCCNC(=O)OCc2ccccc2)CC1. The van der Waals surface area contributed by atoms with Crippen molar-refractivity contribution in [1.82, 2.24) is 15.5 Å². The van der Waals surface area contributed by atoms with E-state index in [9.17, 15) is 14.4 Å². The van der Waals surface area contributed by atoms with Crippen LogP contribution in [0.3, 0.4) is 0 Å². The number of carbonyl (C=O) groups excluding carboxylic acids is 3. The van der Waals surface area contributed by atoms with Crippen LogP contribution in [-0.2, 0) is 25.7 Å². The summed E-state index contributed by atoms with van der Waals surface area (Å²) in [5.74, 6) is 0.174. The van der Waals surface area contributed by atoms with Gasteiger partial charge in [0.2, 0.25) is 5.91 Å². The second kappa shape index (κ2) is 14.4. The molecule has 2 rings (SSSR count). The fourth-order valence-electron chi connectivity index (χ4n) is 3.57. The molecule has 1 aliphatic rings. The molecule has 1 aromatic carbocycles. The summed E-state index contributed by atoms with van der Waals surface area (Å²) in [4.78, 5) is 36.9. The number of amides is 2. The van der Waals surface area contributed by atoms with Crippen molar-refractivity contribution in [2.45, 2.75) is 45.3 Å². The molecule has 0 aromatic heterocycles. The van der Waals surface area contributed by atoms with E-state index in [2.05, 4.69) is 10.6 Å². The second-order valence-electron chi connectivity index (χ2n) is 8.05. The number of alkyl carbamates (subject to hydrolysis) is 1. The molecule has 0 unspecified atom stereocenters. The number of esters is 1. The number of rotatable bonds is 12. The lowest BCUT2D eigenvalue weighted by Crippen LogP contribution is -2.51. The molecule has 1 aliphatic heterocycles. The Kier molecular flexibility index (Phi) is 11.5. The summed E-state index contributed by atoms with van der Waals surface area (Å²) in [5, 5.41) is 5.88. The van der Waals surface area contributed by atoms with Crippen LogP contribution in [0.1, 0.15) is 38.2 Å². The van der Waals surface area contributed by atoms with Crippen molar-refractivity contribution >= 4 is 18.0 Å². The molecule has 0 saturated carbocycles. The van der Waals surface area contributed by atoms with Crippen LogP contribution in [-0.4, -0.2) is 68.2 Å². The van der Waals surface area contributed by atoms with Crippen LogP contribution >= 0.6 is 0 Å². The van der Waals surface area contributed by atoms with E-state index in [1.807, 2.05) is 35.2 Å². The highest BCUT2D eigenvalue weighted by molar-refractivity contribution is 5.82. The highest BCUT2D eigenvalue weighted by Gasteiger charge is 2.26. The van der Waals surface area contributed by atoms with Gasteiger partial charge in [0.1, 0.15) is 6.61 Å². The van der Waals surface area contributed by atoms with Crippen LogP contribution in [0.25, 0.3) is 0 Å². The Labute approximate surface area is 190 Å². The smallest absolute Gasteiger partial charge is 0.407 e. The third-order valence-electron chi connectivity index (χ3n) is 5.45. The van der Waals surface area contributed by atoms with Crippen LogP contribution in [0, 0.1) is 5.92 Å². The van der Waals surface area contributed by atoms with E-state index < -0.39 is 12.1 Å². The van der Waals surface area contributed by atoms with Crippen LogP contribution < -0.4 is 16.4 Å². The van der Waals surface area contributed by atoms with E-state index in [-0.39, 0.29) is 18.5 Å². The van der Waals surface area contributed by atoms with Gasteiger partial charge in [0.05, 0.1) is 12.6 Å². The molecule has 1 fully saturated rings. The Morgan fingerprint density at radius 3 is 2.53 bits per heavy atom. The van der Waals surface area contributed by atoms with Crippen molar-refractivity contribution in [3.63, 3.8) is 0 Å². The number of likely N-dealkylation sites (tertiary alicyclic amines) is 1. The lowest BCUT2D eigenvalue weighted by Gasteiger charge is -2.33. The third kappa shape index (κ3) is 10.1. The van der Waals surface area contributed by atoms with Gasteiger partial charge >= 0.3 is 12.1 Å². The summed E-state index contributed by atoms with van der Waals surface area (Å²) >= 11 is 0. The van der Waals surface area contributed by atoms with Gasteiger partial charge in [-0.25, -0.2) is 4.79 Å². The maximum absolute atomic E-state index is 12.5. The largest absolute Gasteiger partial charge is 0.466 e. The molecule has 4 N–H and O–H groups in total. The zero-order valence-electron chi connectivity index (χ0n) is 18.9. The number of nitrogens with one attached hydrogen (secondary N) is 2. The third-order valence-corrected chi connectivity index (χ3v) is 5.45. The molecular weight excluding hydrogens is 412 g/mol. The Morgan fingerprint density at radius 2 is 1.84 bits per heavy atom. The fraction of sp³-hybridized carbons (Fsp3) is 0.609. The van der Waals surface area contributed by atoms with Gasteiger partial charge in [-0.2, -0.15) is 0 Å². The molecule has 2 amide bonds. The van der Waals surface area contributed by atoms with Gasteiger partial charge < -0.3 is 30.7 Å². The van der Waals surface area contributed by atoms with Gasteiger partial charge in [-0.15, -0.1) is 0 Å². The van der Waals surface area contributed by atoms with Crippen LogP contribution in [0.2, 0.25) is 0 Å². The molecule has 1 aromatic rings. The van der Waals surface area contributed by atoms with E-state index in [4.69, 9.17) is 15.2 Å². The van der Waals surface area contributed by atoms with Crippen LogP contribution in [0.5, 0.6) is 0 Å². The first-order chi connectivity index (χ1) is 15.5. The zero-order chi connectivity index (χ0) is 23.2. The van der Waals surface area contributed by atoms with Gasteiger partial charge in [-0.1, -0.05) is 30.3 Å². The summed E-state index contributed by atoms with van der Waals surface area (Å²) in [6.07, 6.45) is 2.90. The molecule has 0 spiro atoms. The zero-order valence-corrected chi connectivity index (χ0v) is 18.9. The van der Waals surface area contributed by atoms with Crippen molar-refractivity contribution in [3.8, 4) is 0 Å². The fourth-order valence-corrected chi connectivity index (χ4v) is 3.57. The summed E-state index contributed by atoms with van der Waals surface area (Å²) in [6, 6.07) is 8.91. The second-order valence-corrected chi connectivity index (χ2v) is 8.05. The number of carbonyl (C=O) groups is 3. The topological polar surface area (TPSA) is 123 Å². The van der Waals surface area contributed by atoms with Gasteiger partial charge in [0.25, 0.3) is 0 Å². The molecule has 178 valence electrons. The number of hydrogen-bond acceptors (Lipinski definition) is 7. The Morgan fingerprint density at radius 1 is 1.12 bits per heavy atom. The van der Waals surface area contributed by atoms with Gasteiger partial charge in [0, 0.05) is 33.1 Å². The van der Waals surface area contributed by atoms with Gasteiger partial charge in [-0.05, 0) is 43.7 Å². The molecular formula is C23H36N4O5. The molecule has 9 heteroatoms. The summed E-state index contributed by atoms with van der Waals surface area (Å²) in [7, 11) is 0. The molecule has 1 saturated heterocycles. The number of benzene rings is 1. The normalized spacial score (nSPS) is 15.1. The van der Waals surface area contributed by atoms with Crippen molar-refractivity contribution in [1.29, 1.82) is 0 Å². The van der Waals surface area contributed by atoms with E-state index in [0.717, 1.165) is 24.8 Å². The Balaban J connectivity index is 1.49. The maximum Gasteiger partial charge on any atom is 0.407 e. The van der Waals surface area contributed by atoms with E-state index in [1.165, 1.54) is 6.92 Å². The molecule has 32 heavy (non-hydrogen) atoms. The molecule has 9 nitrogen and oxygen atoms in total. The van der Waals surface area contributed by atoms with Gasteiger partial charge in [-0.3, -0.25) is 9.59 Å². The first kappa shape index (κ1) is 25.6. The van der Waals surface area contributed by atoms with E-state index >= 15 is 0 Å². The lowest BCUT2D eigenvalue weighted by atomic mass is 9.93. The predicted molar refractivity (Wildman–Crippen MR) is 121 cm³/mol. The van der Waals surface area contributed by atoms with Crippen LogP contribution in [0.4, 0.5) is 4.79 Å². The quantitative estimate of drug-likeness (QED) is 0.326. The van der Waals surface area contributed by atoms with Crippen molar-refractivity contribution < 1.29 is 23.9 Å². The van der Waals surface area contributed by atoms with E-state index in [0.29, 0.717) is 51.7 Å². The Hall–Kier alpha value is -2.65. The average Bonchev–Trinajstić information content (AvgIpc) is 2.80. The van der Waals surface area contributed by atoms with Crippen LogP contribution in [0.15, 0.2) is 30.3 Å². The highest BCUT2D eigenvalue weighted by atomic mass is 16.5. The molecule has 1 heterocycles. The van der Waals surface area contributed by atoms with E-state index in [1.54, 1.807) is 0 Å². The van der Waals surface area contributed by atoms with Crippen molar-refractivity contribution in [3.05, 3.63) is 35.9 Å². The minimum absolute atomic E-state index is 0.0430. The molecule has 0 bridgehead atoms. The summed E-state index contributed by atoms with van der Waals surface area (Å²) in [6.45, 7) is 4.97. The number of piperidine rings is 1. The molecule has 0 radical (unpaired) electrons. The lowest BCUT2D eigenvalue weighted by molar-refractivity contribution is -0.141. The number of ether oxygens (including phenoxy) is 2. The number of nitrogens with zero attached hydrogens (tertiary/aromatic N) is 1. The monoisotopic (exact) mass is 448 g/mol. The first-order valence-electron chi connectivity index (χ1n) is 11.3. The van der Waals surface area contributed by atoms with Gasteiger partial charge in [0.15, 0.2) is 0 Å². The summed E-state index contributed by atoms with van der Waals surface area (Å²) < 4.78 is 10.1. The minimum atomic E-state index is -0.587. The number of nitrogens with two attached hydrogens (primary N) is 1. The van der Waals surface area contributed by atoms with Crippen molar-refractivity contribution in [2.24, 2.45) is 11.7 Å². The summed E-state index contributed by atoms with van der Waals surface area (Å²) in [5.41, 5.74) is 6.99. The number of hydrogen-bond donors (Lipinski definition) is 3. The van der Waals surface area contributed by atoms with Crippen molar-refractivity contribution in [2.75, 3.05) is 39.3 Å². The first-order valence-corrected chi connectivity index (χ1v) is 11.3. The molecule has 1 atom stereocenters. The maximum atomic E-state index is 12.5. The average molecular weight is 449 g/mol. The minimum Gasteiger partial charge on any atom is -0.466 e. The highest BCUT2D eigenvalue weighted by Crippen LogP contribution is 2.20. The molecule has 0 aliphatic carbocycles.